The summed E-state index contributed by atoms with van der Waals surface area (Å²) in [5.41, 5.74) is 0.816. The van der Waals surface area contributed by atoms with Crippen LogP contribution in [0.1, 0.15) is 0 Å². The first-order chi connectivity index (χ1) is 7.79. The maximum absolute atomic E-state index is 13.2. The fourth-order valence-electron chi connectivity index (χ4n) is 1.02. The van der Waals surface area contributed by atoms with Crippen LogP contribution >= 0.6 is 23.5 Å². The van der Waals surface area contributed by atoms with Crippen LogP contribution in [0.4, 0.5) is 27.6 Å². The predicted octanol–water partition coefficient (Wildman–Crippen LogP) is 3.89. The van der Waals surface area contributed by atoms with Gasteiger partial charge in [0.15, 0.2) is 0 Å². The Kier molecular flexibility index (Phi) is 4.93. The van der Waals surface area contributed by atoms with Gasteiger partial charge in [-0.15, -0.1) is 11.8 Å². The Labute approximate surface area is 103 Å². The summed E-state index contributed by atoms with van der Waals surface area (Å²) in [5, 5.41) is 0. The Morgan fingerprint density at radius 1 is 1.06 bits per heavy atom. The van der Waals surface area contributed by atoms with Crippen molar-refractivity contribution in [2.45, 2.75) is 10.4 Å². The highest BCUT2D eigenvalue weighted by molar-refractivity contribution is 8.03. The summed E-state index contributed by atoms with van der Waals surface area (Å²) < 4.78 is 61.8. The van der Waals surface area contributed by atoms with E-state index in [9.17, 15) is 22.0 Å². The largest absolute Gasteiger partial charge is 0.441 e. The SMILES string of the molecule is Nc1cc(F)c(SCCSC(F)(F)F)c(F)c1. The Balaban J connectivity index is 2.53. The van der Waals surface area contributed by atoms with E-state index >= 15 is 0 Å². The minimum atomic E-state index is -4.32. The predicted molar refractivity (Wildman–Crippen MR) is 60.0 cm³/mol. The molecular weight excluding hydrogens is 281 g/mol. The van der Waals surface area contributed by atoms with Gasteiger partial charge in [-0.05, 0) is 12.1 Å². The zero-order valence-corrected chi connectivity index (χ0v) is 9.99. The topological polar surface area (TPSA) is 26.0 Å². The summed E-state index contributed by atoms with van der Waals surface area (Å²) >= 11 is 0.474. The first-order valence-electron chi connectivity index (χ1n) is 4.37. The summed E-state index contributed by atoms with van der Waals surface area (Å²) in [4.78, 5) is -0.304. The highest BCUT2D eigenvalue weighted by atomic mass is 32.2. The zero-order chi connectivity index (χ0) is 13.1. The smallest absolute Gasteiger partial charge is 0.399 e. The number of thioether (sulfide) groups is 2. The van der Waals surface area contributed by atoms with Gasteiger partial charge in [-0.1, -0.05) is 11.8 Å². The van der Waals surface area contributed by atoms with Gasteiger partial charge in [-0.3, -0.25) is 0 Å². The number of nitrogen functional groups attached to an aromatic ring is 1. The van der Waals surface area contributed by atoms with E-state index < -0.39 is 17.1 Å². The molecule has 0 saturated heterocycles. The molecule has 0 radical (unpaired) electrons. The molecule has 0 bridgehead atoms. The van der Waals surface area contributed by atoms with Crippen LogP contribution in [-0.2, 0) is 0 Å². The molecule has 0 aliphatic carbocycles. The molecule has 0 atom stereocenters. The first-order valence-corrected chi connectivity index (χ1v) is 6.35. The minimum Gasteiger partial charge on any atom is -0.399 e. The van der Waals surface area contributed by atoms with Crippen LogP contribution in [0.3, 0.4) is 0 Å². The molecule has 1 rings (SSSR count). The average Bonchev–Trinajstić information content (AvgIpc) is 2.13. The van der Waals surface area contributed by atoms with Gasteiger partial charge in [0.1, 0.15) is 11.6 Å². The number of alkyl halides is 3. The van der Waals surface area contributed by atoms with E-state index in [2.05, 4.69) is 0 Å². The number of rotatable bonds is 4. The van der Waals surface area contributed by atoms with E-state index in [-0.39, 0.29) is 33.9 Å². The second kappa shape index (κ2) is 5.81. The molecule has 0 fully saturated rings. The van der Waals surface area contributed by atoms with Crippen LogP contribution in [0.5, 0.6) is 0 Å². The number of anilines is 1. The molecule has 0 aliphatic rings. The van der Waals surface area contributed by atoms with Gasteiger partial charge in [0, 0.05) is 17.2 Å². The molecule has 0 amide bonds. The monoisotopic (exact) mass is 289 g/mol. The van der Waals surface area contributed by atoms with E-state index in [1.165, 1.54) is 0 Å². The molecule has 0 saturated carbocycles. The normalized spacial score (nSPS) is 11.8. The Hall–Kier alpha value is -0.630. The van der Waals surface area contributed by atoms with Crippen molar-refractivity contribution in [1.82, 2.24) is 0 Å². The minimum absolute atomic E-state index is 0.0397. The van der Waals surface area contributed by atoms with Crippen molar-refractivity contribution in [2.24, 2.45) is 0 Å². The van der Waals surface area contributed by atoms with E-state index in [4.69, 9.17) is 5.73 Å². The number of benzene rings is 1. The lowest BCUT2D eigenvalue weighted by Crippen LogP contribution is -2.02. The summed E-state index contributed by atoms with van der Waals surface area (Å²) in [7, 11) is 0. The van der Waals surface area contributed by atoms with Crippen molar-refractivity contribution >= 4 is 29.2 Å². The molecule has 0 aromatic heterocycles. The molecule has 17 heavy (non-hydrogen) atoms. The van der Waals surface area contributed by atoms with Crippen molar-refractivity contribution in [3.63, 3.8) is 0 Å². The second-order valence-corrected chi connectivity index (χ2v) is 5.22. The number of hydrogen-bond acceptors (Lipinski definition) is 3. The number of nitrogens with two attached hydrogens (primary N) is 1. The third kappa shape index (κ3) is 5.03. The standard InChI is InChI=1S/C9H8F5NS2/c10-6-3-5(15)4-7(11)8(6)16-1-2-17-9(12,13)14/h3-4H,1-2,15H2. The van der Waals surface area contributed by atoms with Crippen LogP contribution in [0, 0.1) is 11.6 Å². The van der Waals surface area contributed by atoms with E-state index in [0.29, 0.717) is 11.8 Å². The maximum Gasteiger partial charge on any atom is 0.441 e. The molecule has 96 valence electrons. The molecule has 1 aromatic rings. The molecule has 0 spiro atoms. The average molecular weight is 289 g/mol. The molecular formula is C9H8F5NS2. The van der Waals surface area contributed by atoms with E-state index in [1.54, 1.807) is 0 Å². The van der Waals surface area contributed by atoms with Crippen LogP contribution in [0.25, 0.3) is 0 Å². The quantitative estimate of drug-likeness (QED) is 0.394. The van der Waals surface area contributed by atoms with Gasteiger partial charge in [0.05, 0.1) is 4.90 Å². The Bertz CT molecular complexity index is 370. The third-order valence-electron chi connectivity index (χ3n) is 1.62. The Morgan fingerprint density at radius 3 is 2.06 bits per heavy atom. The molecule has 2 N–H and O–H groups in total. The molecule has 1 aromatic carbocycles. The Morgan fingerprint density at radius 2 is 1.59 bits per heavy atom. The lowest BCUT2D eigenvalue weighted by Gasteiger charge is -2.07. The highest BCUT2D eigenvalue weighted by Gasteiger charge is 2.27. The van der Waals surface area contributed by atoms with Gasteiger partial charge >= 0.3 is 5.51 Å². The number of halogens is 5. The van der Waals surface area contributed by atoms with Crippen molar-refractivity contribution in [3.05, 3.63) is 23.8 Å². The molecule has 8 heteroatoms. The van der Waals surface area contributed by atoms with Crippen LogP contribution in [-0.4, -0.2) is 17.0 Å². The molecule has 0 heterocycles. The van der Waals surface area contributed by atoms with Crippen LogP contribution < -0.4 is 5.73 Å². The third-order valence-corrected chi connectivity index (χ3v) is 3.70. The number of hydrogen-bond donors (Lipinski definition) is 1. The van der Waals surface area contributed by atoms with Crippen molar-refractivity contribution in [3.8, 4) is 0 Å². The molecule has 0 unspecified atom stereocenters. The van der Waals surface area contributed by atoms with Crippen molar-refractivity contribution in [1.29, 1.82) is 0 Å². The van der Waals surface area contributed by atoms with Crippen LogP contribution in [0.2, 0.25) is 0 Å². The van der Waals surface area contributed by atoms with Gasteiger partial charge in [-0.2, -0.15) is 13.2 Å². The van der Waals surface area contributed by atoms with Gasteiger partial charge in [0.25, 0.3) is 0 Å². The van der Waals surface area contributed by atoms with Gasteiger partial charge in [0.2, 0.25) is 0 Å². The summed E-state index contributed by atoms with van der Waals surface area (Å²) in [6.45, 7) is 0. The van der Waals surface area contributed by atoms with E-state index in [0.717, 1.165) is 12.1 Å². The molecule has 1 nitrogen and oxygen atoms in total. The second-order valence-electron chi connectivity index (χ2n) is 2.96. The fourth-order valence-corrected chi connectivity index (χ4v) is 2.51. The summed E-state index contributed by atoms with van der Waals surface area (Å²) in [6, 6.07) is 1.87. The first kappa shape index (κ1) is 14.4. The van der Waals surface area contributed by atoms with Crippen molar-refractivity contribution < 1.29 is 22.0 Å². The summed E-state index contributed by atoms with van der Waals surface area (Å²) in [6.07, 6.45) is 0. The zero-order valence-electron chi connectivity index (χ0n) is 8.35. The maximum atomic E-state index is 13.2. The van der Waals surface area contributed by atoms with Gasteiger partial charge in [-0.25, -0.2) is 8.78 Å². The van der Waals surface area contributed by atoms with Crippen molar-refractivity contribution in [2.75, 3.05) is 17.2 Å². The lowest BCUT2D eigenvalue weighted by molar-refractivity contribution is -0.0326. The summed E-state index contributed by atoms with van der Waals surface area (Å²) in [5.74, 6) is -2.02. The lowest BCUT2D eigenvalue weighted by atomic mass is 10.3. The molecule has 0 aliphatic heterocycles. The fraction of sp³-hybridized carbons (Fsp3) is 0.333. The van der Waals surface area contributed by atoms with E-state index in [1.807, 2.05) is 0 Å². The highest BCUT2D eigenvalue weighted by Crippen LogP contribution is 2.33. The van der Waals surface area contributed by atoms with Gasteiger partial charge < -0.3 is 5.73 Å². The van der Waals surface area contributed by atoms with Crippen LogP contribution in [0.15, 0.2) is 17.0 Å².